The molecule has 0 saturated heterocycles. The Morgan fingerprint density at radius 1 is 1.13 bits per heavy atom. The molecule has 0 aliphatic rings. The van der Waals surface area contributed by atoms with Gasteiger partial charge in [0, 0.05) is 25.3 Å². The van der Waals surface area contributed by atoms with Gasteiger partial charge in [0.1, 0.15) is 11.6 Å². The maximum Gasteiger partial charge on any atom is 0.256 e. The fourth-order valence-corrected chi connectivity index (χ4v) is 3.68. The van der Waals surface area contributed by atoms with E-state index in [0.29, 0.717) is 0 Å². The van der Waals surface area contributed by atoms with Gasteiger partial charge >= 0.3 is 0 Å². The van der Waals surface area contributed by atoms with Crippen LogP contribution in [-0.2, 0) is 14.8 Å². The second-order valence-electron chi connectivity index (χ2n) is 6.14. The molecule has 1 heterocycles. The molecular formula is C19H18F2N4O4S. The Balaban J connectivity index is 1.77. The number of hydrogen-bond donors (Lipinski definition) is 3. The number of amides is 1. The highest BCUT2D eigenvalue weighted by Gasteiger charge is 2.18. The van der Waals surface area contributed by atoms with Gasteiger partial charge in [-0.05, 0) is 30.3 Å². The second-order valence-corrected chi connectivity index (χ2v) is 7.90. The molecule has 8 nitrogen and oxygen atoms in total. The molecule has 30 heavy (non-hydrogen) atoms. The zero-order chi connectivity index (χ0) is 21.7. The largest absolute Gasteiger partial charge is 0.383 e. The first kappa shape index (κ1) is 21.6. The van der Waals surface area contributed by atoms with Crippen LogP contribution >= 0.6 is 0 Å². The van der Waals surface area contributed by atoms with E-state index < -0.39 is 27.6 Å². The minimum Gasteiger partial charge on any atom is -0.383 e. The van der Waals surface area contributed by atoms with Crippen molar-refractivity contribution in [3.05, 3.63) is 65.7 Å². The lowest BCUT2D eigenvalue weighted by Crippen LogP contribution is -2.27. The standard InChI is InChI=1S/C19H18F2N4O4S/c1-29-9-8-22-30(27,28)13-5-2-4-12(10-13)19(26)23-17-11-16(24-25-17)18-14(20)6-3-7-15(18)21/h2-7,10-11,22H,8-9H2,1H3,(H2,23,24,25,26). The summed E-state index contributed by atoms with van der Waals surface area (Å²) in [6, 6.07) is 10.1. The smallest absolute Gasteiger partial charge is 0.256 e. The molecule has 0 aliphatic heterocycles. The fraction of sp³-hybridized carbons (Fsp3) is 0.158. The molecule has 1 amide bonds. The Bertz CT molecular complexity index is 1140. The van der Waals surface area contributed by atoms with Crippen molar-refractivity contribution in [1.29, 1.82) is 0 Å². The molecule has 0 aliphatic carbocycles. The monoisotopic (exact) mass is 436 g/mol. The predicted octanol–water partition coefficient (Wildman–Crippen LogP) is 2.53. The van der Waals surface area contributed by atoms with Crippen LogP contribution in [0.1, 0.15) is 10.4 Å². The molecule has 0 fully saturated rings. The maximum atomic E-state index is 13.9. The van der Waals surface area contributed by atoms with Crippen LogP contribution in [0.25, 0.3) is 11.3 Å². The topological polar surface area (TPSA) is 113 Å². The Morgan fingerprint density at radius 2 is 1.83 bits per heavy atom. The lowest BCUT2D eigenvalue weighted by Gasteiger charge is -2.08. The minimum atomic E-state index is -3.82. The molecule has 0 radical (unpaired) electrons. The highest BCUT2D eigenvalue weighted by molar-refractivity contribution is 7.89. The number of rotatable bonds is 8. The zero-order valence-corrected chi connectivity index (χ0v) is 16.6. The molecule has 0 unspecified atom stereocenters. The maximum absolute atomic E-state index is 13.9. The number of ether oxygens (including phenoxy) is 1. The third kappa shape index (κ3) is 4.87. The van der Waals surface area contributed by atoms with Gasteiger partial charge in [-0.25, -0.2) is 21.9 Å². The Labute approximate surface area is 171 Å². The molecule has 3 aromatic rings. The molecule has 0 atom stereocenters. The van der Waals surface area contributed by atoms with Gasteiger partial charge in [0.15, 0.2) is 5.82 Å². The molecule has 0 spiro atoms. The van der Waals surface area contributed by atoms with E-state index in [2.05, 4.69) is 20.2 Å². The predicted molar refractivity (Wildman–Crippen MR) is 105 cm³/mol. The Morgan fingerprint density at radius 3 is 2.53 bits per heavy atom. The van der Waals surface area contributed by atoms with Crippen molar-refractivity contribution >= 4 is 21.7 Å². The highest BCUT2D eigenvalue weighted by atomic mass is 32.2. The number of nitrogens with one attached hydrogen (secondary N) is 3. The number of halogens is 2. The van der Waals surface area contributed by atoms with E-state index in [1.807, 2.05) is 0 Å². The van der Waals surface area contributed by atoms with Gasteiger partial charge in [-0.2, -0.15) is 5.10 Å². The van der Waals surface area contributed by atoms with Crippen molar-refractivity contribution in [2.75, 3.05) is 25.6 Å². The van der Waals surface area contributed by atoms with Crippen LogP contribution < -0.4 is 10.0 Å². The van der Waals surface area contributed by atoms with Gasteiger partial charge in [-0.15, -0.1) is 0 Å². The Kier molecular flexibility index (Phi) is 6.55. The van der Waals surface area contributed by atoms with Crippen LogP contribution in [0.5, 0.6) is 0 Å². The van der Waals surface area contributed by atoms with Crippen LogP contribution in [0, 0.1) is 11.6 Å². The van der Waals surface area contributed by atoms with E-state index in [9.17, 15) is 22.0 Å². The van der Waals surface area contributed by atoms with E-state index in [-0.39, 0.29) is 40.7 Å². The third-order valence-electron chi connectivity index (χ3n) is 4.06. The summed E-state index contributed by atoms with van der Waals surface area (Å²) in [5.74, 6) is -2.19. The van der Waals surface area contributed by atoms with E-state index in [1.165, 1.54) is 43.5 Å². The van der Waals surface area contributed by atoms with Gasteiger partial charge in [-0.1, -0.05) is 12.1 Å². The van der Waals surface area contributed by atoms with Crippen LogP contribution in [0.15, 0.2) is 53.4 Å². The molecule has 3 N–H and O–H groups in total. The van der Waals surface area contributed by atoms with Gasteiger partial charge in [0.05, 0.1) is 22.8 Å². The molecular weight excluding hydrogens is 418 g/mol. The molecule has 0 saturated carbocycles. The number of nitrogens with zero attached hydrogens (tertiary/aromatic N) is 1. The number of carbonyl (C=O) groups is 1. The number of benzene rings is 2. The summed E-state index contributed by atoms with van der Waals surface area (Å²) in [4.78, 5) is 12.4. The van der Waals surface area contributed by atoms with Crippen molar-refractivity contribution in [3.8, 4) is 11.3 Å². The van der Waals surface area contributed by atoms with Crippen molar-refractivity contribution < 1.29 is 26.7 Å². The van der Waals surface area contributed by atoms with Crippen LogP contribution in [0.4, 0.5) is 14.6 Å². The summed E-state index contributed by atoms with van der Waals surface area (Å²) in [6.45, 7) is 0.279. The molecule has 1 aromatic heterocycles. The fourth-order valence-electron chi connectivity index (χ4n) is 2.62. The number of H-pyrrole nitrogens is 1. The molecule has 2 aromatic carbocycles. The molecule has 0 bridgehead atoms. The average molecular weight is 436 g/mol. The number of aromatic amines is 1. The second kappa shape index (κ2) is 9.11. The minimum absolute atomic E-state index is 0.0177. The highest BCUT2D eigenvalue weighted by Crippen LogP contribution is 2.26. The van der Waals surface area contributed by atoms with Crippen LogP contribution in [-0.4, -0.2) is 44.8 Å². The van der Waals surface area contributed by atoms with E-state index in [0.717, 1.165) is 12.1 Å². The van der Waals surface area contributed by atoms with E-state index in [4.69, 9.17) is 4.74 Å². The molecule has 11 heteroatoms. The summed E-state index contributed by atoms with van der Waals surface area (Å²) in [7, 11) is -2.37. The van der Waals surface area contributed by atoms with Gasteiger partial charge in [0.25, 0.3) is 5.91 Å². The summed E-state index contributed by atoms with van der Waals surface area (Å²) in [6.07, 6.45) is 0. The number of hydrogen-bond acceptors (Lipinski definition) is 5. The lowest BCUT2D eigenvalue weighted by atomic mass is 10.1. The number of methoxy groups -OCH3 is 1. The normalized spacial score (nSPS) is 11.4. The number of anilines is 1. The first-order valence-electron chi connectivity index (χ1n) is 8.71. The van der Waals surface area contributed by atoms with Crippen molar-refractivity contribution in [2.24, 2.45) is 0 Å². The average Bonchev–Trinajstić information content (AvgIpc) is 3.16. The molecule has 3 rings (SSSR count). The molecule has 158 valence electrons. The van der Waals surface area contributed by atoms with Crippen LogP contribution in [0.2, 0.25) is 0 Å². The van der Waals surface area contributed by atoms with Crippen molar-refractivity contribution in [3.63, 3.8) is 0 Å². The van der Waals surface area contributed by atoms with Crippen molar-refractivity contribution in [2.45, 2.75) is 4.90 Å². The van der Waals surface area contributed by atoms with Crippen LogP contribution in [0.3, 0.4) is 0 Å². The summed E-state index contributed by atoms with van der Waals surface area (Å²) in [5, 5.41) is 8.75. The zero-order valence-electron chi connectivity index (χ0n) is 15.8. The quantitative estimate of drug-likeness (QED) is 0.470. The van der Waals surface area contributed by atoms with Crippen molar-refractivity contribution in [1.82, 2.24) is 14.9 Å². The third-order valence-corrected chi connectivity index (χ3v) is 5.52. The summed E-state index contributed by atoms with van der Waals surface area (Å²) in [5.41, 5.74) is -0.202. The number of sulfonamides is 1. The SMILES string of the molecule is COCCNS(=O)(=O)c1cccc(C(=O)Nc2cc(-c3c(F)cccc3F)[nH]n2)c1. The summed E-state index contributed by atoms with van der Waals surface area (Å²) >= 11 is 0. The Hall–Kier alpha value is -3.15. The van der Waals surface area contributed by atoms with Gasteiger partial charge in [-0.3, -0.25) is 9.89 Å². The van der Waals surface area contributed by atoms with Gasteiger partial charge < -0.3 is 10.1 Å². The number of aromatic nitrogens is 2. The lowest BCUT2D eigenvalue weighted by molar-refractivity contribution is 0.102. The number of carbonyl (C=O) groups excluding carboxylic acids is 1. The van der Waals surface area contributed by atoms with Gasteiger partial charge in [0.2, 0.25) is 10.0 Å². The first-order chi connectivity index (χ1) is 14.3. The first-order valence-corrected chi connectivity index (χ1v) is 10.2. The van der Waals surface area contributed by atoms with E-state index in [1.54, 1.807) is 0 Å². The summed E-state index contributed by atoms with van der Waals surface area (Å²) < 4.78 is 59.5. The van der Waals surface area contributed by atoms with E-state index >= 15 is 0 Å².